The van der Waals surface area contributed by atoms with E-state index < -0.39 is 0 Å². The van der Waals surface area contributed by atoms with Crippen LogP contribution >= 0.6 is 0 Å². The summed E-state index contributed by atoms with van der Waals surface area (Å²) in [7, 11) is 0. The zero-order valence-corrected chi connectivity index (χ0v) is 7.45. The number of aldehydes is 1. The maximum absolute atomic E-state index is 10.7. The molecule has 0 aliphatic rings. The molecule has 0 saturated heterocycles. The molecule has 13 heavy (non-hydrogen) atoms. The van der Waals surface area contributed by atoms with Crippen LogP contribution in [0.5, 0.6) is 0 Å². The predicted molar refractivity (Wildman–Crippen MR) is 54.1 cm³/mol. The third-order valence-corrected chi connectivity index (χ3v) is 2.26. The van der Waals surface area contributed by atoms with Crippen LogP contribution in [0.4, 0.5) is 0 Å². The van der Waals surface area contributed by atoms with Gasteiger partial charge in [-0.15, -0.1) is 0 Å². The standard InChI is InChI=1S/C12H10O/c1-9-6-10-4-2-3-5-11(10)7-12(9)8-13/h2-8H,1H3. The van der Waals surface area contributed by atoms with E-state index in [0.717, 1.165) is 22.8 Å². The first-order valence-electron chi connectivity index (χ1n) is 4.26. The lowest BCUT2D eigenvalue weighted by molar-refractivity contribution is 0.112. The van der Waals surface area contributed by atoms with Crippen molar-refractivity contribution in [2.45, 2.75) is 6.92 Å². The molecule has 1 nitrogen and oxygen atoms in total. The van der Waals surface area contributed by atoms with Gasteiger partial charge in [0.05, 0.1) is 0 Å². The summed E-state index contributed by atoms with van der Waals surface area (Å²) in [5.41, 5.74) is 1.81. The van der Waals surface area contributed by atoms with Gasteiger partial charge in [-0.05, 0) is 29.3 Å². The van der Waals surface area contributed by atoms with Crippen LogP contribution < -0.4 is 0 Å². The van der Waals surface area contributed by atoms with Crippen LogP contribution in [0.3, 0.4) is 0 Å². The van der Waals surface area contributed by atoms with E-state index in [-0.39, 0.29) is 0 Å². The highest BCUT2D eigenvalue weighted by atomic mass is 16.1. The summed E-state index contributed by atoms with van der Waals surface area (Å²) in [6.07, 6.45) is 0.905. The van der Waals surface area contributed by atoms with Crippen LogP contribution in [-0.4, -0.2) is 6.29 Å². The van der Waals surface area contributed by atoms with E-state index in [1.807, 2.05) is 37.3 Å². The summed E-state index contributed by atoms with van der Waals surface area (Å²) in [5.74, 6) is 0. The zero-order valence-electron chi connectivity index (χ0n) is 7.45. The molecule has 0 N–H and O–H groups in total. The van der Waals surface area contributed by atoms with Gasteiger partial charge in [0.25, 0.3) is 0 Å². The fourth-order valence-corrected chi connectivity index (χ4v) is 1.50. The molecule has 0 bridgehead atoms. The van der Waals surface area contributed by atoms with Crippen molar-refractivity contribution in [1.29, 1.82) is 0 Å². The largest absolute Gasteiger partial charge is 0.298 e. The molecular formula is C12H10O. The van der Waals surface area contributed by atoms with Crippen molar-refractivity contribution in [1.82, 2.24) is 0 Å². The van der Waals surface area contributed by atoms with Crippen molar-refractivity contribution in [3.63, 3.8) is 0 Å². The first-order chi connectivity index (χ1) is 6.31. The Hall–Kier alpha value is -1.63. The molecule has 0 aliphatic carbocycles. The highest BCUT2D eigenvalue weighted by molar-refractivity contribution is 5.90. The number of fused-ring (bicyclic) bond motifs is 1. The lowest BCUT2D eigenvalue weighted by atomic mass is 10.0. The van der Waals surface area contributed by atoms with Gasteiger partial charge >= 0.3 is 0 Å². The lowest BCUT2D eigenvalue weighted by Gasteiger charge is -2.01. The second-order valence-electron chi connectivity index (χ2n) is 3.17. The lowest BCUT2D eigenvalue weighted by Crippen LogP contribution is -1.85. The average molecular weight is 170 g/mol. The monoisotopic (exact) mass is 170 g/mol. The maximum atomic E-state index is 10.7. The van der Waals surface area contributed by atoms with Crippen molar-refractivity contribution in [3.8, 4) is 0 Å². The van der Waals surface area contributed by atoms with E-state index in [1.165, 1.54) is 5.39 Å². The number of carbonyl (C=O) groups excluding carboxylic acids is 1. The Morgan fingerprint density at radius 2 is 1.69 bits per heavy atom. The Morgan fingerprint density at radius 3 is 2.31 bits per heavy atom. The number of aryl methyl sites for hydroxylation is 1. The Labute approximate surface area is 77.0 Å². The summed E-state index contributed by atoms with van der Waals surface area (Å²) in [6.45, 7) is 1.95. The molecule has 0 aromatic heterocycles. The SMILES string of the molecule is Cc1cc2ccccc2cc1C=O. The topological polar surface area (TPSA) is 17.1 Å². The van der Waals surface area contributed by atoms with E-state index in [0.29, 0.717) is 0 Å². The van der Waals surface area contributed by atoms with E-state index in [2.05, 4.69) is 6.07 Å². The van der Waals surface area contributed by atoms with E-state index >= 15 is 0 Å². The molecule has 0 spiro atoms. The molecule has 0 amide bonds. The van der Waals surface area contributed by atoms with Crippen molar-refractivity contribution in [2.75, 3.05) is 0 Å². The normalized spacial score (nSPS) is 10.2. The van der Waals surface area contributed by atoms with Gasteiger partial charge < -0.3 is 0 Å². The molecule has 0 radical (unpaired) electrons. The van der Waals surface area contributed by atoms with Crippen molar-refractivity contribution >= 4 is 17.1 Å². The van der Waals surface area contributed by atoms with Gasteiger partial charge in [-0.25, -0.2) is 0 Å². The van der Waals surface area contributed by atoms with Crippen LogP contribution in [0, 0.1) is 6.92 Å². The molecule has 0 saturated carbocycles. The molecule has 0 aliphatic heterocycles. The third kappa shape index (κ3) is 1.33. The molecule has 0 heterocycles. The molecule has 2 rings (SSSR count). The highest BCUT2D eigenvalue weighted by Gasteiger charge is 1.98. The summed E-state index contributed by atoms with van der Waals surface area (Å²) < 4.78 is 0. The van der Waals surface area contributed by atoms with Crippen LogP contribution in [0.2, 0.25) is 0 Å². The summed E-state index contributed by atoms with van der Waals surface area (Å²) in [6, 6.07) is 12.0. The van der Waals surface area contributed by atoms with Crippen LogP contribution in [0.15, 0.2) is 36.4 Å². The van der Waals surface area contributed by atoms with Crippen LogP contribution in [0.25, 0.3) is 10.8 Å². The van der Waals surface area contributed by atoms with Crippen LogP contribution in [-0.2, 0) is 0 Å². The minimum Gasteiger partial charge on any atom is -0.298 e. The van der Waals surface area contributed by atoms with Gasteiger partial charge in [0.1, 0.15) is 6.29 Å². The van der Waals surface area contributed by atoms with E-state index in [9.17, 15) is 4.79 Å². The van der Waals surface area contributed by atoms with Gasteiger partial charge in [-0.2, -0.15) is 0 Å². The van der Waals surface area contributed by atoms with Gasteiger partial charge in [0.15, 0.2) is 0 Å². The van der Waals surface area contributed by atoms with Crippen molar-refractivity contribution < 1.29 is 4.79 Å². The second kappa shape index (κ2) is 3.02. The highest BCUT2D eigenvalue weighted by Crippen LogP contribution is 2.18. The Morgan fingerprint density at radius 1 is 1.08 bits per heavy atom. The molecule has 0 unspecified atom stereocenters. The van der Waals surface area contributed by atoms with Crippen molar-refractivity contribution in [2.24, 2.45) is 0 Å². The molecular weight excluding hydrogens is 160 g/mol. The Kier molecular flexibility index (Phi) is 1.85. The zero-order chi connectivity index (χ0) is 9.26. The smallest absolute Gasteiger partial charge is 0.150 e. The molecule has 1 heteroatoms. The van der Waals surface area contributed by atoms with Crippen LogP contribution in [0.1, 0.15) is 15.9 Å². The fraction of sp³-hybridized carbons (Fsp3) is 0.0833. The quantitative estimate of drug-likeness (QED) is 0.601. The van der Waals surface area contributed by atoms with E-state index in [1.54, 1.807) is 0 Å². The first-order valence-corrected chi connectivity index (χ1v) is 4.26. The van der Waals surface area contributed by atoms with Gasteiger partial charge in [-0.3, -0.25) is 4.79 Å². The number of rotatable bonds is 1. The predicted octanol–water partition coefficient (Wildman–Crippen LogP) is 2.96. The summed E-state index contributed by atoms with van der Waals surface area (Å²) in [5, 5.41) is 2.31. The minimum absolute atomic E-state index is 0.777. The molecule has 2 aromatic rings. The van der Waals surface area contributed by atoms with Crippen molar-refractivity contribution in [3.05, 3.63) is 47.5 Å². The number of carbonyl (C=O) groups is 1. The molecule has 2 aromatic carbocycles. The average Bonchev–Trinajstić information content (AvgIpc) is 2.17. The summed E-state index contributed by atoms with van der Waals surface area (Å²) in [4.78, 5) is 10.7. The summed E-state index contributed by atoms with van der Waals surface area (Å²) >= 11 is 0. The Balaban J connectivity index is 2.81. The second-order valence-corrected chi connectivity index (χ2v) is 3.17. The first kappa shape index (κ1) is 7.99. The van der Waals surface area contributed by atoms with Gasteiger partial charge in [0, 0.05) is 5.56 Å². The third-order valence-electron chi connectivity index (χ3n) is 2.26. The fourth-order valence-electron chi connectivity index (χ4n) is 1.50. The molecule has 64 valence electrons. The number of hydrogen-bond donors (Lipinski definition) is 0. The molecule has 0 atom stereocenters. The number of benzene rings is 2. The Bertz CT molecular complexity index is 458. The number of hydrogen-bond acceptors (Lipinski definition) is 1. The minimum atomic E-state index is 0.777. The maximum Gasteiger partial charge on any atom is 0.150 e. The van der Waals surface area contributed by atoms with E-state index in [4.69, 9.17) is 0 Å². The van der Waals surface area contributed by atoms with Gasteiger partial charge in [-0.1, -0.05) is 30.3 Å². The molecule has 0 fully saturated rings. The van der Waals surface area contributed by atoms with Gasteiger partial charge in [0.2, 0.25) is 0 Å².